The molecule has 188 valence electrons. The molecule has 35 heavy (non-hydrogen) atoms. The molecule has 6 nitrogen and oxygen atoms in total. The predicted molar refractivity (Wildman–Crippen MR) is 145 cm³/mol. The maximum absolute atomic E-state index is 6.41. The van der Waals surface area contributed by atoms with E-state index >= 15 is 0 Å². The average molecular weight is 495 g/mol. The van der Waals surface area contributed by atoms with E-state index in [0.29, 0.717) is 0 Å². The topological polar surface area (TPSA) is 59.5 Å². The first-order chi connectivity index (χ1) is 17.0. The number of ether oxygens (including phenoxy) is 2. The van der Waals surface area contributed by atoms with Gasteiger partial charge < -0.3 is 14.8 Å². The van der Waals surface area contributed by atoms with Gasteiger partial charge in [-0.05, 0) is 74.9 Å². The highest BCUT2D eigenvalue weighted by molar-refractivity contribution is 7.80. The van der Waals surface area contributed by atoms with Crippen molar-refractivity contribution < 1.29 is 9.47 Å². The third kappa shape index (κ3) is 7.09. The first kappa shape index (κ1) is 25.7. The second-order valence-corrected chi connectivity index (χ2v) is 10.1. The van der Waals surface area contributed by atoms with Crippen molar-refractivity contribution in [2.75, 3.05) is 33.3 Å². The minimum atomic E-state index is 0.204. The molecule has 0 bridgehead atoms. The molecule has 2 heterocycles. The van der Waals surface area contributed by atoms with Crippen molar-refractivity contribution in [3.63, 3.8) is 0 Å². The lowest BCUT2D eigenvalue weighted by Gasteiger charge is -2.32. The molecule has 1 aliphatic carbocycles. The molecule has 1 atom stereocenters. The molecule has 5 rings (SSSR count). The molecule has 1 N–H and O–H groups in total. The van der Waals surface area contributed by atoms with Crippen LogP contribution in [0.15, 0.2) is 53.4 Å². The Morgan fingerprint density at radius 2 is 1.66 bits per heavy atom. The SMILES string of the molecule is CC1CCC(Oc2nc(C(C)N3CCNCC3)nc3ccccc23)CC1.COc1ccc(S)cc1. The molecule has 1 unspecified atom stereocenters. The maximum Gasteiger partial charge on any atom is 0.225 e. The van der Waals surface area contributed by atoms with Gasteiger partial charge in [-0.2, -0.15) is 4.98 Å². The summed E-state index contributed by atoms with van der Waals surface area (Å²) in [4.78, 5) is 13.2. The van der Waals surface area contributed by atoms with Crippen molar-refractivity contribution in [3.05, 3.63) is 54.4 Å². The van der Waals surface area contributed by atoms with E-state index in [2.05, 4.69) is 48.8 Å². The van der Waals surface area contributed by atoms with Crippen LogP contribution < -0.4 is 14.8 Å². The Kier molecular flexibility index (Phi) is 9.24. The van der Waals surface area contributed by atoms with Gasteiger partial charge in [0, 0.05) is 31.1 Å². The first-order valence-electron chi connectivity index (χ1n) is 12.7. The molecule has 1 aliphatic heterocycles. The lowest BCUT2D eigenvalue weighted by atomic mass is 9.89. The lowest BCUT2D eigenvalue weighted by Crippen LogP contribution is -2.44. The van der Waals surface area contributed by atoms with E-state index in [9.17, 15) is 0 Å². The predicted octanol–water partition coefficient (Wildman–Crippen LogP) is 5.54. The van der Waals surface area contributed by atoms with Gasteiger partial charge in [-0.25, -0.2) is 4.98 Å². The molecule has 1 saturated heterocycles. The number of piperazine rings is 1. The summed E-state index contributed by atoms with van der Waals surface area (Å²) in [6, 6.07) is 16.0. The smallest absolute Gasteiger partial charge is 0.225 e. The van der Waals surface area contributed by atoms with Crippen molar-refractivity contribution in [1.29, 1.82) is 0 Å². The first-order valence-corrected chi connectivity index (χ1v) is 13.2. The van der Waals surface area contributed by atoms with Crippen LogP contribution in [0, 0.1) is 5.92 Å². The van der Waals surface area contributed by atoms with Crippen LogP contribution in [-0.2, 0) is 0 Å². The van der Waals surface area contributed by atoms with Crippen LogP contribution >= 0.6 is 12.6 Å². The normalized spacial score (nSPS) is 21.6. The van der Waals surface area contributed by atoms with Gasteiger partial charge in [0.2, 0.25) is 5.88 Å². The standard InChI is InChI=1S/C21H30N4O.C7H8OS/c1-15-7-9-17(10-8-15)26-21-18-5-3-4-6-19(18)23-20(24-21)16(2)25-13-11-22-12-14-25;1-8-6-2-4-7(9)5-3-6/h3-6,15-17,22H,7-14H2,1-2H3;2-5,9H,1H3. The van der Waals surface area contributed by atoms with Gasteiger partial charge in [0.1, 0.15) is 17.7 Å². The fraction of sp³-hybridized carbons (Fsp3) is 0.500. The van der Waals surface area contributed by atoms with Crippen LogP contribution in [0.2, 0.25) is 0 Å². The Bertz CT molecular complexity index is 1060. The largest absolute Gasteiger partial charge is 0.497 e. The molecular weight excluding hydrogens is 456 g/mol. The van der Waals surface area contributed by atoms with E-state index in [-0.39, 0.29) is 12.1 Å². The van der Waals surface area contributed by atoms with E-state index in [1.807, 2.05) is 36.4 Å². The number of hydrogen-bond donors (Lipinski definition) is 2. The van der Waals surface area contributed by atoms with Gasteiger partial charge >= 0.3 is 0 Å². The summed E-state index contributed by atoms with van der Waals surface area (Å²) < 4.78 is 11.3. The number of nitrogens with one attached hydrogen (secondary N) is 1. The van der Waals surface area contributed by atoms with Crippen LogP contribution in [0.4, 0.5) is 0 Å². The molecular formula is C28H38N4O2S. The molecule has 0 radical (unpaired) electrons. The molecule has 7 heteroatoms. The van der Waals surface area contributed by atoms with Gasteiger partial charge in [-0.1, -0.05) is 19.1 Å². The van der Waals surface area contributed by atoms with Crippen molar-refractivity contribution in [2.24, 2.45) is 5.92 Å². The molecule has 1 aromatic heterocycles. The zero-order chi connectivity index (χ0) is 24.6. The molecule has 1 saturated carbocycles. The summed E-state index contributed by atoms with van der Waals surface area (Å²) in [5.41, 5.74) is 0.985. The number of aromatic nitrogens is 2. The quantitative estimate of drug-likeness (QED) is 0.455. The molecule has 0 spiro atoms. The van der Waals surface area contributed by atoms with E-state index in [0.717, 1.165) is 78.2 Å². The Morgan fingerprint density at radius 3 is 2.34 bits per heavy atom. The molecule has 3 aromatic rings. The van der Waals surface area contributed by atoms with E-state index in [1.54, 1.807) is 7.11 Å². The third-order valence-corrected chi connectivity index (χ3v) is 7.27. The summed E-state index contributed by atoms with van der Waals surface area (Å²) in [5, 5.41) is 4.44. The van der Waals surface area contributed by atoms with Crippen molar-refractivity contribution in [3.8, 4) is 11.6 Å². The number of hydrogen-bond acceptors (Lipinski definition) is 7. The number of benzene rings is 2. The van der Waals surface area contributed by atoms with Crippen molar-refractivity contribution in [1.82, 2.24) is 20.2 Å². The third-order valence-electron chi connectivity index (χ3n) is 6.97. The zero-order valence-electron chi connectivity index (χ0n) is 21.1. The summed E-state index contributed by atoms with van der Waals surface area (Å²) in [7, 11) is 1.65. The number of methoxy groups -OCH3 is 1. The van der Waals surface area contributed by atoms with E-state index < -0.39 is 0 Å². The van der Waals surface area contributed by atoms with Gasteiger partial charge in [-0.15, -0.1) is 12.6 Å². The minimum absolute atomic E-state index is 0.204. The van der Waals surface area contributed by atoms with E-state index in [1.165, 1.54) is 12.8 Å². The van der Waals surface area contributed by atoms with Crippen LogP contribution in [0.25, 0.3) is 10.9 Å². The molecule has 2 aliphatic rings. The monoisotopic (exact) mass is 494 g/mol. The van der Waals surface area contributed by atoms with Crippen LogP contribution in [0.5, 0.6) is 11.6 Å². The summed E-state index contributed by atoms with van der Waals surface area (Å²) in [5.74, 6) is 3.34. The Hall–Kier alpha value is -2.35. The zero-order valence-corrected chi connectivity index (χ0v) is 22.0. The number of rotatable bonds is 5. The Balaban J connectivity index is 0.000000271. The van der Waals surface area contributed by atoms with Crippen LogP contribution in [0.3, 0.4) is 0 Å². The fourth-order valence-electron chi connectivity index (χ4n) is 4.66. The van der Waals surface area contributed by atoms with Crippen molar-refractivity contribution in [2.45, 2.75) is 56.6 Å². The van der Waals surface area contributed by atoms with Gasteiger partial charge in [0.15, 0.2) is 0 Å². The molecule has 2 aromatic carbocycles. The number of nitrogens with zero attached hydrogens (tertiary/aromatic N) is 3. The van der Waals surface area contributed by atoms with E-state index in [4.69, 9.17) is 19.4 Å². The summed E-state index contributed by atoms with van der Waals surface area (Å²) in [6.45, 7) is 8.68. The number of thiol groups is 1. The van der Waals surface area contributed by atoms with Crippen LogP contribution in [0.1, 0.15) is 51.4 Å². The summed E-state index contributed by atoms with van der Waals surface area (Å²) >= 11 is 4.11. The Morgan fingerprint density at radius 1 is 0.971 bits per heavy atom. The lowest BCUT2D eigenvalue weighted by molar-refractivity contribution is 0.130. The fourth-order valence-corrected chi connectivity index (χ4v) is 4.81. The summed E-state index contributed by atoms with van der Waals surface area (Å²) in [6.07, 6.45) is 5.03. The van der Waals surface area contributed by atoms with Crippen LogP contribution in [-0.4, -0.2) is 54.3 Å². The van der Waals surface area contributed by atoms with Crippen molar-refractivity contribution >= 4 is 23.5 Å². The maximum atomic E-state index is 6.41. The number of para-hydroxylation sites is 1. The number of fused-ring (bicyclic) bond motifs is 1. The Labute approximate surface area is 214 Å². The molecule has 0 amide bonds. The molecule has 2 fully saturated rings. The second kappa shape index (κ2) is 12.6. The minimum Gasteiger partial charge on any atom is -0.497 e. The highest BCUT2D eigenvalue weighted by Gasteiger charge is 2.24. The average Bonchev–Trinajstić information content (AvgIpc) is 2.91. The van der Waals surface area contributed by atoms with Gasteiger partial charge in [0.25, 0.3) is 0 Å². The highest BCUT2D eigenvalue weighted by Crippen LogP contribution is 2.31. The highest BCUT2D eigenvalue weighted by atomic mass is 32.1. The van der Waals surface area contributed by atoms with Gasteiger partial charge in [-0.3, -0.25) is 4.90 Å². The second-order valence-electron chi connectivity index (χ2n) is 9.56. The van der Waals surface area contributed by atoms with Gasteiger partial charge in [0.05, 0.1) is 24.1 Å².